The third-order valence-electron chi connectivity index (χ3n) is 6.04. The quantitative estimate of drug-likeness (QED) is 0.465. The molecule has 1 aromatic heterocycles. The molecule has 0 saturated carbocycles. The molecule has 36 heavy (non-hydrogen) atoms. The number of carbonyl (C=O) groups is 2. The molecule has 2 heterocycles. The van der Waals surface area contributed by atoms with Gasteiger partial charge in [-0.25, -0.2) is 4.79 Å². The Hall–Kier alpha value is -4.34. The summed E-state index contributed by atoms with van der Waals surface area (Å²) in [7, 11) is 0. The summed E-state index contributed by atoms with van der Waals surface area (Å²) < 4.78 is 46.0. The van der Waals surface area contributed by atoms with Crippen LogP contribution in [0.1, 0.15) is 22.6 Å². The molecule has 0 bridgehead atoms. The van der Waals surface area contributed by atoms with Crippen LogP contribution in [0.2, 0.25) is 0 Å². The average Bonchev–Trinajstić information content (AvgIpc) is 3.32. The highest BCUT2D eigenvalue weighted by Crippen LogP contribution is 2.32. The Labute approximate surface area is 203 Å². The molecule has 7 nitrogen and oxygen atoms in total. The van der Waals surface area contributed by atoms with Gasteiger partial charge in [0.25, 0.3) is 5.89 Å². The first-order valence-electron chi connectivity index (χ1n) is 11.1. The van der Waals surface area contributed by atoms with E-state index in [1.54, 1.807) is 30.4 Å². The molecule has 182 valence electrons. The molecule has 2 aromatic carbocycles. The van der Waals surface area contributed by atoms with Gasteiger partial charge in [-0.2, -0.15) is 27.5 Å². The molecule has 1 aliphatic heterocycles. The molecule has 10 heteroatoms. The van der Waals surface area contributed by atoms with Gasteiger partial charge in [0.05, 0.1) is 5.56 Å². The topological polar surface area (TPSA) is 79.3 Å². The Bertz CT molecular complexity index is 1480. The number of nitrogens with zero attached hydrogens (tertiary/aromatic N) is 4. The highest BCUT2D eigenvalue weighted by molar-refractivity contribution is 6.26. The van der Waals surface area contributed by atoms with Crippen LogP contribution in [-0.4, -0.2) is 32.4 Å². The number of alkyl halides is 3. The summed E-state index contributed by atoms with van der Waals surface area (Å²) in [6, 6.07) is 9.51. The molecule has 5 rings (SSSR count). The Morgan fingerprint density at radius 1 is 1.08 bits per heavy atom. The first-order valence-corrected chi connectivity index (χ1v) is 11.1. The molecule has 0 N–H and O–H groups in total. The van der Waals surface area contributed by atoms with E-state index in [2.05, 4.69) is 10.1 Å². The van der Waals surface area contributed by atoms with Crippen LogP contribution in [0.5, 0.6) is 0 Å². The Morgan fingerprint density at radius 2 is 1.89 bits per heavy atom. The molecule has 1 unspecified atom stereocenters. The van der Waals surface area contributed by atoms with Gasteiger partial charge in [-0.05, 0) is 49.2 Å². The second-order valence-electron chi connectivity index (χ2n) is 8.57. The van der Waals surface area contributed by atoms with E-state index in [1.165, 1.54) is 16.7 Å². The van der Waals surface area contributed by atoms with Gasteiger partial charge in [-0.1, -0.05) is 47.7 Å². The number of urea groups is 1. The highest BCUT2D eigenvalue weighted by atomic mass is 19.4. The van der Waals surface area contributed by atoms with Crippen molar-refractivity contribution in [3.05, 3.63) is 89.3 Å². The van der Waals surface area contributed by atoms with Gasteiger partial charge >= 0.3 is 18.1 Å². The number of anilines is 1. The number of benzene rings is 2. The summed E-state index contributed by atoms with van der Waals surface area (Å²) in [5, 5.41) is 3.81. The maximum absolute atomic E-state index is 13.6. The van der Waals surface area contributed by atoms with Gasteiger partial charge in [0.1, 0.15) is 17.3 Å². The zero-order chi connectivity index (χ0) is 25.6. The number of halogens is 3. The van der Waals surface area contributed by atoms with Crippen molar-refractivity contribution < 1.29 is 31.9 Å². The number of aromatic nitrogens is 2. The number of allylic oxidation sites excluding steroid dienone is 3. The standard InChI is InChI=1S/C26H20F3N4O3/c1-15-10-11-16(2)21(12-15)33-24(34)19-8-3-4-9-20(19)32(25(33)35)14-22-30-23(31-36-22)17-6-5-7-18(13-17)26(27,28)29/h3-13,19H,14H2,1-2H3/q+1. The second-order valence-corrected chi connectivity index (χ2v) is 8.57. The first kappa shape index (κ1) is 23.4. The number of aryl methyl sites for hydroxylation is 2. The van der Waals surface area contributed by atoms with Crippen molar-refractivity contribution in [3.63, 3.8) is 0 Å². The summed E-state index contributed by atoms with van der Waals surface area (Å²) >= 11 is 0. The van der Waals surface area contributed by atoms with Crippen molar-refractivity contribution in [1.29, 1.82) is 0 Å². The van der Waals surface area contributed by atoms with E-state index in [9.17, 15) is 22.8 Å². The van der Waals surface area contributed by atoms with Crippen molar-refractivity contribution in [3.8, 4) is 11.4 Å². The molecule has 0 spiro atoms. The lowest BCUT2D eigenvalue weighted by Crippen LogP contribution is -2.54. The summed E-state index contributed by atoms with van der Waals surface area (Å²) in [4.78, 5) is 32.4. The number of fused-ring (bicyclic) bond motifs is 1. The highest BCUT2D eigenvalue weighted by Gasteiger charge is 2.48. The van der Waals surface area contributed by atoms with Crippen molar-refractivity contribution in [2.45, 2.75) is 26.6 Å². The van der Waals surface area contributed by atoms with Gasteiger partial charge in [-0.3, -0.25) is 0 Å². The van der Waals surface area contributed by atoms with E-state index >= 15 is 0 Å². The molecule has 3 aromatic rings. The van der Waals surface area contributed by atoms with Crippen molar-refractivity contribution in [2.24, 2.45) is 5.92 Å². The zero-order valence-electron chi connectivity index (χ0n) is 19.3. The molecule has 3 amide bonds. The van der Waals surface area contributed by atoms with Crippen LogP contribution in [0.3, 0.4) is 0 Å². The normalized spacial score (nSPS) is 17.7. The number of hydrogen-bond donors (Lipinski definition) is 0. The molecule has 0 fully saturated rings. The molecular weight excluding hydrogens is 473 g/mol. The van der Waals surface area contributed by atoms with E-state index in [4.69, 9.17) is 4.52 Å². The number of carbonyl (C=O) groups excluding carboxylic acids is 2. The first-order chi connectivity index (χ1) is 17.1. The van der Waals surface area contributed by atoms with Crippen LogP contribution in [0.25, 0.3) is 11.4 Å². The average molecular weight is 493 g/mol. The van der Waals surface area contributed by atoms with E-state index in [-0.39, 0.29) is 29.7 Å². The number of amides is 3. The maximum Gasteiger partial charge on any atom is 0.506 e. The molecule has 1 atom stereocenters. The predicted octanol–water partition coefficient (Wildman–Crippen LogP) is 5.23. The van der Waals surface area contributed by atoms with Crippen LogP contribution >= 0.6 is 0 Å². The van der Waals surface area contributed by atoms with Crippen molar-refractivity contribution in [2.75, 3.05) is 4.90 Å². The maximum atomic E-state index is 13.6. The fraction of sp³-hybridized carbons (Fsp3) is 0.192. The van der Waals surface area contributed by atoms with Crippen molar-refractivity contribution in [1.82, 2.24) is 10.1 Å². The van der Waals surface area contributed by atoms with E-state index in [0.717, 1.165) is 28.2 Å². The lowest BCUT2D eigenvalue weighted by Gasteiger charge is -2.26. The second kappa shape index (κ2) is 8.71. The van der Waals surface area contributed by atoms with Crippen LogP contribution in [-0.2, 0) is 17.5 Å². The van der Waals surface area contributed by atoms with Gasteiger partial charge in [0.2, 0.25) is 5.82 Å². The lowest BCUT2D eigenvalue weighted by atomic mass is 9.94. The zero-order valence-corrected chi connectivity index (χ0v) is 19.3. The van der Waals surface area contributed by atoms with Gasteiger partial charge in [-0.15, -0.1) is 4.90 Å². The minimum atomic E-state index is -4.51. The summed E-state index contributed by atoms with van der Waals surface area (Å²) in [5.41, 5.74) is 1.87. The molecule has 2 aliphatic rings. The summed E-state index contributed by atoms with van der Waals surface area (Å²) in [6.45, 7) is 3.52. The van der Waals surface area contributed by atoms with Gasteiger partial charge < -0.3 is 4.52 Å². The molecular formula is C26H20F3N4O3+. The van der Waals surface area contributed by atoms with Gasteiger partial charge in [0, 0.05) is 5.56 Å². The summed E-state index contributed by atoms with van der Waals surface area (Å²) in [6.07, 6.45) is 2.32. The van der Waals surface area contributed by atoms with E-state index in [1.807, 2.05) is 26.0 Å². The molecule has 0 radical (unpaired) electrons. The monoisotopic (exact) mass is 493 g/mol. The Morgan fingerprint density at radius 3 is 2.67 bits per heavy atom. The predicted molar refractivity (Wildman–Crippen MR) is 124 cm³/mol. The Kier molecular flexibility index (Phi) is 5.66. The van der Waals surface area contributed by atoms with E-state index in [0.29, 0.717) is 11.4 Å². The minimum absolute atomic E-state index is 0.0141. The third-order valence-corrected chi connectivity index (χ3v) is 6.04. The van der Waals surface area contributed by atoms with Crippen molar-refractivity contribution >= 4 is 23.3 Å². The minimum Gasteiger partial charge on any atom is -0.335 e. The lowest BCUT2D eigenvalue weighted by molar-refractivity contribution is -0.449. The van der Waals surface area contributed by atoms with Crippen LogP contribution in [0, 0.1) is 19.8 Å². The Balaban J connectivity index is 1.52. The fourth-order valence-corrected chi connectivity index (χ4v) is 4.21. The number of rotatable bonds is 4. The molecule has 0 saturated heterocycles. The van der Waals surface area contributed by atoms with E-state index < -0.39 is 23.7 Å². The third kappa shape index (κ3) is 4.15. The smallest absolute Gasteiger partial charge is 0.335 e. The van der Waals surface area contributed by atoms with Gasteiger partial charge in [0.15, 0.2) is 6.54 Å². The van der Waals surface area contributed by atoms with Crippen LogP contribution in [0.15, 0.2) is 71.3 Å². The SMILES string of the molecule is Cc1ccc(C)c(N2C(=O)C3C=CC=CC3=[N+](Cc3nc(-c4cccc(C(F)(F)F)c4)no3)C2=O)c1. The molecule has 1 aliphatic carbocycles. The summed E-state index contributed by atoms with van der Waals surface area (Å²) in [5.74, 6) is -1.10. The largest absolute Gasteiger partial charge is 0.506 e. The van der Waals surface area contributed by atoms with Crippen LogP contribution < -0.4 is 4.90 Å². The number of hydrogen-bond acceptors (Lipinski definition) is 5. The number of imide groups is 1. The fourth-order valence-electron chi connectivity index (χ4n) is 4.21. The van der Waals surface area contributed by atoms with Crippen LogP contribution in [0.4, 0.5) is 23.7 Å².